The molecular weight excluding hydrogens is 316 g/mol. The first kappa shape index (κ1) is 15.5. The molecule has 4 rings (SSSR count). The van der Waals surface area contributed by atoms with Gasteiger partial charge in [0.25, 0.3) is 0 Å². The van der Waals surface area contributed by atoms with Gasteiger partial charge in [0.1, 0.15) is 5.75 Å². The second-order valence-corrected chi connectivity index (χ2v) is 6.84. The van der Waals surface area contributed by atoms with Crippen molar-refractivity contribution in [3.63, 3.8) is 0 Å². The van der Waals surface area contributed by atoms with E-state index in [0.29, 0.717) is 0 Å². The smallest absolute Gasteiger partial charge is 0.172 e. The lowest BCUT2D eigenvalue weighted by Crippen LogP contribution is -2.40. The van der Waals surface area contributed by atoms with E-state index in [0.717, 1.165) is 30.5 Å². The predicted octanol–water partition coefficient (Wildman–Crippen LogP) is 3.98. The van der Waals surface area contributed by atoms with Gasteiger partial charge in [-0.25, -0.2) is 0 Å². The molecule has 24 heavy (non-hydrogen) atoms. The van der Waals surface area contributed by atoms with Crippen LogP contribution in [0.5, 0.6) is 5.75 Å². The topological polar surface area (TPSA) is 15.7 Å². The lowest BCUT2D eigenvalue weighted by molar-refractivity contribution is 0.333. The van der Waals surface area contributed by atoms with Crippen molar-refractivity contribution in [3.8, 4) is 5.75 Å². The molecule has 124 valence electrons. The lowest BCUT2D eigenvalue weighted by atomic mass is 9.98. The van der Waals surface area contributed by atoms with Gasteiger partial charge >= 0.3 is 0 Å². The normalized spacial score (nSPS) is 19.5. The molecule has 2 aromatic carbocycles. The van der Waals surface area contributed by atoms with E-state index in [9.17, 15) is 0 Å². The van der Waals surface area contributed by atoms with E-state index in [1.807, 2.05) is 12.1 Å². The van der Waals surface area contributed by atoms with Gasteiger partial charge in [0.05, 0.1) is 13.2 Å². The Morgan fingerprint density at radius 3 is 2.46 bits per heavy atom. The minimum Gasteiger partial charge on any atom is -0.497 e. The van der Waals surface area contributed by atoms with Gasteiger partial charge in [-0.1, -0.05) is 36.4 Å². The standard InChI is InChI=1S/C20H22N2OS/c1-23-17-10-8-15(9-11-17)19-18-7-3-2-6-16(18)14-22(19)20(24)21-12-4-5-13-21/h2-3,6-11,19H,4-5,12-14H2,1H3. The van der Waals surface area contributed by atoms with E-state index in [2.05, 4.69) is 46.2 Å². The molecule has 2 aromatic rings. The average molecular weight is 338 g/mol. The van der Waals surface area contributed by atoms with Crippen LogP contribution in [-0.2, 0) is 6.54 Å². The highest BCUT2D eigenvalue weighted by molar-refractivity contribution is 7.80. The van der Waals surface area contributed by atoms with Crippen LogP contribution in [0.15, 0.2) is 48.5 Å². The fraction of sp³-hybridized carbons (Fsp3) is 0.350. The summed E-state index contributed by atoms with van der Waals surface area (Å²) < 4.78 is 5.31. The highest BCUT2D eigenvalue weighted by Gasteiger charge is 2.35. The number of benzene rings is 2. The minimum absolute atomic E-state index is 0.195. The van der Waals surface area contributed by atoms with Crippen LogP contribution in [0.1, 0.15) is 35.6 Å². The largest absolute Gasteiger partial charge is 0.497 e. The van der Waals surface area contributed by atoms with E-state index in [1.165, 1.54) is 29.5 Å². The number of methoxy groups -OCH3 is 1. The number of ether oxygens (including phenoxy) is 1. The summed E-state index contributed by atoms with van der Waals surface area (Å²) in [6.45, 7) is 3.06. The number of rotatable bonds is 2. The fourth-order valence-electron chi connectivity index (χ4n) is 3.80. The molecule has 2 aliphatic heterocycles. The number of fused-ring (bicyclic) bond motifs is 1. The summed E-state index contributed by atoms with van der Waals surface area (Å²) in [6.07, 6.45) is 2.49. The van der Waals surface area contributed by atoms with Crippen LogP contribution in [0, 0.1) is 0 Å². The van der Waals surface area contributed by atoms with Crippen LogP contribution in [0.25, 0.3) is 0 Å². The Morgan fingerprint density at radius 2 is 1.75 bits per heavy atom. The molecule has 1 fully saturated rings. The van der Waals surface area contributed by atoms with E-state index in [1.54, 1.807) is 7.11 Å². The SMILES string of the molecule is COc1ccc(C2c3ccccc3CN2C(=S)N2CCCC2)cc1. The maximum absolute atomic E-state index is 5.87. The highest BCUT2D eigenvalue weighted by atomic mass is 32.1. The van der Waals surface area contributed by atoms with E-state index in [-0.39, 0.29) is 6.04 Å². The zero-order valence-corrected chi connectivity index (χ0v) is 14.8. The summed E-state index contributed by atoms with van der Waals surface area (Å²) in [4.78, 5) is 4.74. The molecule has 4 heteroatoms. The molecular formula is C20H22N2OS. The molecule has 0 bridgehead atoms. The molecule has 0 radical (unpaired) electrons. The molecule has 0 aromatic heterocycles. The molecule has 0 aliphatic carbocycles. The highest BCUT2D eigenvalue weighted by Crippen LogP contribution is 2.39. The molecule has 2 heterocycles. The van der Waals surface area contributed by atoms with Crippen LogP contribution >= 0.6 is 12.2 Å². The maximum Gasteiger partial charge on any atom is 0.172 e. The average Bonchev–Trinajstić information content (AvgIpc) is 3.29. The summed E-state index contributed by atoms with van der Waals surface area (Å²) in [7, 11) is 1.70. The Kier molecular flexibility index (Phi) is 4.15. The summed E-state index contributed by atoms with van der Waals surface area (Å²) in [5, 5.41) is 0.990. The first-order valence-electron chi connectivity index (χ1n) is 8.55. The molecule has 1 saturated heterocycles. The third kappa shape index (κ3) is 2.65. The maximum atomic E-state index is 5.87. The first-order chi connectivity index (χ1) is 11.8. The van der Waals surface area contributed by atoms with Gasteiger partial charge in [-0.05, 0) is 53.9 Å². The lowest BCUT2D eigenvalue weighted by Gasteiger charge is -2.33. The summed E-state index contributed by atoms with van der Waals surface area (Å²) >= 11 is 5.87. The van der Waals surface area contributed by atoms with Gasteiger partial charge in [-0.2, -0.15) is 0 Å². The van der Waals surface area contributed by atoms with Crippen LogP contribution < -0.4 is 4.74 Å². The Balaban J connectivity index is 1.71. The quantitative estimate of drug-likeness (QED) is 0.769. The second-order valence-electron chi connectivity index (χ2n) is 6.48. The Labute approximate surface area is 148 Å². The number of likely N-dealkylation sites (tertiary alicyclic amines) is 1. The number of hydrogen-bond donors (Lipinski definition) is 0. The molecule has 2 aliphatic rings. The van der Waals surface area contributed by atoms with Gasteiger partial charge in [-0.3, -0.25) is 0 Å². The third-order valence-electron chi connectivity index (χ3n) is 5.06. The second kappa shape index (κ2) is 6.44. The molecule has 3 nitrogen and oxygen atoms in total. The number of nitrogens with zero attached hydrogens (tertiary/aromatic N) is 2. The van der Waals surface area contributed by atoms with Crippen molar-refractivity contribution in [3.05, 3.63) is 65.2 Å². The van der Waals surface area contributed by atoms with Crippen LogP contribution in [-0.4, -0.2) is 35.1 Å². The molecule has 0 N–H and O–H groups in total. The van der Waals surface area contributed by atoms with Crippen molar-refractivity contribution in [2.24, 2.45) is 0 Å². The van der Waals surface area contributed by atoms with Gasteiger partial charge in [-0.15, -0.1) is 0 Å². The van der Waals surface area contributed by atoms with Crippen molar-refractivity contribution in [2.45, 2.75) is 25.4 Å². The number of thiocarbonyl (C=S) groups is 1. The zero-order valence-electron chi connectivity index (χ0n) is 13.9. The van der Waals surface area contributed by atoms with Gasteiger partial charge in [0.2, 0.25) is 0 Å². The van der Waals surface area contributed by atoms with E-state index >= 15 is 0 Å². The van der Waals surface area contributed by atoms with Crippen molar-refractivity contribution in [2.75, 3.05) is 20.2 Å². The molecule has 1 atom stereocenters. The predicted molar refractivity (Wildman–Crippen MR) is 100 cm³/mol. The van der Waals surface area contributed by atoms with Crippen LogP contribution in [0.2, 0.25) is 0 Å². The summed E-state index contributed by atoms with van der Waals surface area (Å²) in [6, 6.07) is 17.3. The number of hydrogen-bond acceptors (Lipinski definition) is 2. The molecule has 0 spiro atoms. The first-order valence-corrected chi connectivity index (χ1v) is 8.96. The molecule has 0 saturated carbocycles. The van der Waals surface area contributed by atoms with Crippen molar-refractivity contribution in [1.82, 2.24) is 9.80 Å². The Hall–Kier alpha value is -2.07. The van der Waals surface area contributed by atoms with Gasteiger partial charge in [0, 0.05) is 19.6 Å². The van der Waals surface area contributed by atoms with E-state index in [4.69, 9.17) is 17.0 Å². The molecule has 1 unspecified atom stereocenters. The van der Waals surface area contributed by atoms with Crippen molar-refractivity contribution < 1.29 is 4.74 Å². The van der Waals surface area contributed by atoms with E-state index < -0.39 is 0 Å². The van der Waals surface area contributed by atoms with Crippen molar-refractivity contribution in [1.29, 1.82) is 0 Å². The summed E-state index contributed by atoms with van der Waals surface area (Å²) in [5.74, 6) is 0.888. The van der Waals surface area contributed by atoms with Gasteiger partial charge in [0.15, 0.2) is 5.11 Å². The fourth-order valence-corrected chi connectivity index (χ4v) is 4.15. The zero-order chi connectivity index (χ0) is 16.5. The van der Waals surface area contributed by atoms with Crippen LogP contribution in [0.4, 0.5) is 0 Å². The molecule has 0 amide bonds. The van der Waals surface area contributed by atoms with Crippen LogP contribution in [0.3, 0.4) is 0 Å². The minimum atomic E-state index is 0.195. The third-order valence-corrected chi connectivity index (χ3v) is 5.55. The monoisotopic (exact) mass is 338 g/mol. The van der Waals surface area contributed by atoms with Gasteiger partial charge < -0.3 is 14.5 Å². The summed E-state index contributed by atoms with van der Waals surface area (Å²) in [5.41, 5.74) is 4.01. The Bertz CT molecular complexity index is 738. The Morgan fingerprint density at radius 1 is 1.04 bits per heavy atom. The van der Waals surface area contributed by atoms with Crippen molar-refractivity contribution >= 4 is 17.3 Å².